The van der Waals surface area contributed by atoms with Crippen LogP contribution in [0.15, 0.2) is 35.4 Å². The van der Waals surface area contributed by atoms with Gasteiger partial charge in [-0.2, -0.15) is 10.2 Å². The van der Waals surface area contributed by atoms with Gasteiger partial charge in [0.25, 0.3) is 0 Å². The van der Waals surface area contributed by atoms with Crippen LogP contribution in [-0.2, 0) is 21.1 Å². The van der Waals surface area contributed by atoms with Crippen LogP contribution in [0.5, 0.6) is 0 Å². The van der Waals surface area contributed by atoms with Crippen LogP contribution in [0.4, 0.5) is 16.6 Å². The van der Waals surface area contributed by atoms with Crippen molar-refractivity contribution in [1.82, 2.24) is 15.3 Å². The summed E-state index contributed by atoms with van der Waals surface area (Å²) in [5.41, 5.74) is 0.538. The summed E-state index contributed by atoms with van der Waals surface area (Å²) in [6, 6.07) is 9.13. The van der Waals surface area contributed by atoms with E-state index in [1.807, 2.05) is 20.8 Å². The van der Waals surface area contributed by atoms with Crippen LogP contribution in [0.3, 0.4) is 0 Å². The van der Waals surface area contributed by atoms with Crippen molar-refractivity contribution in [2.75, 3.05) is 23.4 Å². The minimum Gasteiger partial charge on any atom is -0.444 e. The number of amides is 1. The molecule has 1 unspecified atom stereocenters. The van der Waals surface area contributed by atoms with E-state index >= 15 is 0 Å². The maximum absolute atomic E-state index is 12.5. The highest BCUT2D eigenvalue weighted by atomic mass is 32.2. The van der Waals surface area contributed by atoms with Crippen molar-refractivity contribution >= 4 is 27.7 Å². The zero-order valence-corrected chi connectivity index (χ0v) is 24.3. The van der Waals surface area contributed by atoms with Gasteiger partial charge < -0.3 is 20.7 Å². The van der Waals surface area contributed by atoms with E-state index in [0.717, 1.165) is 32.1 Å². The molecule has 4 aliphatic carbocycles. The Labute approximate surface area is 236 Å². The second kappa shape index (κ2) is 10.5. The van der Waals surface area contributed by atoms with Crippen molar-refractivity contribution in [3.8, 4) is 6.07 Å². The molecular weight excluding hydrogens is 528 g/mol. The minimum atomic E-state index is -3.37. The Morgan fingerprint density at radius 2 is 1.85 bits per heavy atom. The first-order chi connectivity index (χ1) is 18.8. The largest absolute Gasteiger partial charge is 0.444 e. The predicted molar refractivity (Wildman–Crippen MR) is 151 cm³/mol. The van der Waals surface area contributed by atoms with Gasteiger partial charge in [-0.25, -0.2) is 18.2 Å². The topological polar surface area (TPSA) is 146 Å². The summed E-state index contributed by atoms with van der Waals surface area (Å²) < 4.78 is 29.8. The number of ether oxygens (including phenoxy) is 1. The number of carbonyl (C=O) groups is 1. The van der Waals surface area contributed by atoms with E-state index in [2.05, 4.69) is 32.0 Å². The van der Waals surface area contributed by atoms with Crippen molar-refractivity contribution < 1.29 is 17.9 Å². The standard InChI is InChI=1S/C29H38N6O4S/c1-28(2,3)39-27(36)34-24-20-9-18-10-21(24)13-29(11-18,12-20)17-33-25-22(14-30)16-32-26(35-25)31-15-19-7-5-6-8-23(19)40(4,37)38/h5-8,16,18,20-21,24H,9-13,15,17H2,1-4H3,(H,34,36)(H2,31,32,33,35)/t18?,20-,21+,24-,29-. The molecule has 5 atom stereocenters. The number of hydrogen-bond acceptors (Lipinski definition) is 9. The number of alkyl carbamates (subject to hydrolysis) is 1. The number of anilines is 2. The van der Waals surface area contributed by atoms with Crippen molar-refractivity contribution in [1.29, 1.82) is 5.26 Å². The highest BCUT2D eigenvalue weighted by molar-refractivity contribution is 7.90. The van der Waals surface area contributed by atoms with E-state index in [1.165, 1.54) is 12.5 Å². The third-order valence-electron chi connectivity index (χ3n) is 8.43. The van der Waals surface area contributed by atoms with E-state index in [4.69, 9.17) is 4.74 Å². The van der Waals surface area contributed by atoms with Gasteiger partial charge in [0.1, 0.15) is 23.1 Å². The number of rotatable bonds is 8. The van der Waals surface area contributed by atoms with Crippen LogP contribution in [0.1, 0.15) is 64.0 Å². The molecule has 4 bridgehead atoms. The van der Waals surface area contributed by atoms with E-state index in [9.17, 15) is 18.5 Å². The second-order valence-corrected chi connectivity index (χ2v) is 14.8. The molecule has 1 heterocycles. The zero-order valence-electron chi connectivity index (χ0n) is 23.5. The van der Waals surface area contributed by atoms with E-state index in [0.29, 0.717) is 47.2 Å². The van der Waals surface area contributed by atoms with Crippen molar-refractivity contribution in [2.45, 2.75) is 76.0 Å². The molecule has 2 aromatic rings. The van der Waals surface area contributed by atoms with Crippen molar-refractivity contribution in [3.05, 3.63) is 41.6 Å². The summed E-state index contributed by atoms with van der Waals surface area (Å²) in [7, 11) is -3.37. The first kappa shape index (κ1) is 28.1. The first-order valence-corrected chi connectivity index (χ1v) is 15.8. The summed E-state index contributed by atoms with van der Waals surface area (Å²) in [4.78, 5) is 21.6. The molecule has 1 aromatic heterocycles. The fraction of sp³-hybridized carbons (Fsp3) is 0.586. The Hall–Kier alpha value is -3.39. The lowest BCUT2D eigenvalue weighted by Crippen LogP contribution is -2.60. The molecule has 11 heteroatoms. The lowest BCUT2D eigenvalue weighted by Gasteiger charge is -2.60. The number of nitrogens with one attached hydrogen (secondary N) is 3. The molecule has 0 radical (unpaired) electrons. The molecule has 4 saturated carbocycles. The number of carbonyl (C=O) groups excluding carboxylic acids is 1. The molecule has 10 nitrogen and oxygen atoms in total. The number of nitrogens with zero attached hydrogens (tertiary/aromatic N) is 3. The molecule has 0 spiro atoms. The van der Waals surface area contributed by atoms with Crippen molar-refractivity contribution in [3.63, 3.8) is 0 Å². The number of benzene rings is 1. The smallest absolute Gasteiger partial charge is 0.407 e. The Morgan fingerprint density at radius 1 is 1.15 bits per heavy atom. The van der Waals surface area contributed by atoms with Gasteiger partial charge in [0, 0.05) is 25.4 Å². The Balaban J connectivity index is 1.26. The maximum atomic E-state index is 12.5. The lowest BCUT2D eigenvalue weighted by molar-refractivity contribution is -0.0703. The third-order valence-corrected chi connectivity index (χ3v) is 9.63. The Kier molecular flexibility index (Phi) is 7.42. The summed E-state index contributed by atoms with van der Waals surface area (Å²) in [5.74, 6) is 2.25. The van der Waals surface area contributed by atoms with Crippen LogP contribution in [0.2, 0.25) is 0 Å². The number of aromatic nitrogens is 2. The van der Waals surface area contributed by atoms with Gasteiger partial charge in [0.05, 0.1) is 11.1 Å². The zero-order chi connectivity index (χ0) is 28.7. The Bertz CT molecular complexity index is 1410. The van der Waals surface area contributed by atoms with Crippen LogP contribution < -0.4 is 16.0 Å². The summed E-state index contributed by atoms with van der Waals surface area (Å²) in [5, 5.41) is 19.5. The number of nitriles is 1. The molecular formula is C29H38N6O4S. The first-order valence-electron chi connectivity index (χ1n) is 13.9. The second-order valence-electron chi connectivity index (χ2n) is 12.8. The van der Waals surface area contributed by atoms with Gasteiger partial charge in [0.2, 0.25) is 5.95 Å². The fourth-order valence-corrected chi connectivity index (χ4v) is 8.17. The van der Waals surface area contributed by atoms with Crippen molar-refractivity contribution in [2.24, 2.45) is 23.2 Å². The van der Waals surface area contributed by atoms with Gasteiger partial charge in [0.15, 0.2) is 9.84 Å². The highest BCUT2D eigenvalue weighted by Gasteiger charge is 2.55. The molecule has 4 fully saturated rings. The number of hydrogen-bond donors (Lipinski definition) is 3. The van der Waals surface area contributed by atoms with E-state index in [1.54, 1.807) is 24.3 Å². The van der Waals surface area contributed by atoms with Gasteiger partial charge >= 0.3 is 6.09 Å². The summed E-state index contributed by atoms with van der Waals surface area (Å²) in [6.45, 7) is 6.56. The molecule has 4 aliphatic rings. The van der Waals surface area contributed by atoms with Crippen LogP contribution in [0.25, 0.3) is 0 Å². The monoisotopic (exact) mass is 566 g/mol. The summed E-state index contributed by atoms with van der Waals surface area (Å²) in [6.07, 6.45) is 7.73. The van der Waals surface area contributed by atoms with Crippen LogP contribution in [0, 0.1) is 34.5 Å². The normalized spacial score (nSPS) is 27.1. The third kappa shape index (κ3) is 6.17. The van der Waals surface area contributed by atoms with Gasteiger partial charge in [-0.15, -0.1) is 0 Å². The maximum Gasteiger partial charge on any atom is 0.407 e. The quantitative estimate of drug-likeness (QED) is 0.420. The predicted octanol–water partition coefficient (Wildman–Crippen LogP) is 4.50. The SMILES string of the molecule is CC(C)(C)OC(=O)N[C@@H]1[C@@H]2CC3C[C@H]1C[C@@](CNc1nc(NCc4ccccc4S(C)(=O)=O)ncc1C#N)(C3)C2. The average Bonchev–Trinajstić information content (AvgIpc) is 2.86. The molecule has 40 heavy (non-hydrogen) atoms. The molecule has 1 aromatic carbocycles. The van der Waals surface area contributed by atoms with Gasteiger partial charge in [-0.3, -0.25) is 0 Å². The van der Waals surface area contributed by atoms with Crippen LogP contribution >= 0.6 is 0 Å². The molecule has 214 valence electrons. The summed E-state index contributed by atoms with van der Waals surface area (Å²) >= 11 is 0. The van der Waals surface area contributed by atoms with E-state index in [-0.39, 0.29) is 29.0 Å². The minimum absolute atomic E-state index is 0.0856. The molecule has 3 N–H and O–H groups in total. The molecule has 6 rings (SSSR count). The number of sulfone groups is 1. The lowest BCUT2D eigenvalue weighted by atomic mass is 9.48. The average molecular weight is 567 g/mol. The Morgan fingerprint density at radius 3 is 2.50 bits per heavy atom. The van der Waals surface area contributed by atoms with E-state index < -0.39 is 15.4 Å². The molecule has 0 aliphatic heterocycles. The molecule has 0 saturated heterocycles. The molecule has 1 amide bonds. The van der Waals surface area contributed by atoms with Crippen LogP contribution in [-0.4, -0.2) is 48.9 Å². The fourth-order valence-electron chi connectivity index (χ4n) is 7.23. The van der Waals surface area contributed by atoms with Gasteiger partial charge in [-0.1, -0.05) is 18.2 Å². The van der Waals surface area contributed by atoms with Gasteiger partial charge in [-0.05, 0) is 87.7 Å². The highest BCUT2D eigenvalue weighted by Crippen LogP contribution is 2.60.